The lowest BCUT2D eigenvalue weighted by atomic mass is 10.2. The Hall–Kier alpha value is -0.720. The van der Waals surface area contributed by atoms with E-state index >= 15 is 0 Å². The van der Waals surface area contributed by atoms with E-state index in [0.717, 1.165) is 27.6 Å². The molecule has 0 atom stereocenters. The van der Waals surface area contributed by atoms with Gasteiger partial charge < -0.3 is 15.0 Å². The molecule has 0 aliphatic heterocycles. The molecule has 1 heterocycles. The van der Waals surface area contributed by atoms with Crippen LogP contribution in [0.2, 0.25) is 0 Å². The van der Waals surface area contributed by atoms with E-state index in [1.54, 1.807) is 0 Å². The molecule has 0 aliphatic rings. The predicted molar refractivity (Wildman–Crippen MR) is 81.2 cm³/mol. The van der Waals surface area contributed by atoms with E-state index in [0.29, 0.717) is 25.5 Å². The van der Waals surface area contributed by atoms with Gasteiger partial charge >= 0.3 is 0 Å². The van der Waals surface area contributed by atoms with Crippen LogP contribution in [0.4, 0.5) is 0 Å². The maximum atomic E-state index is 11.7. The molecule has 0 aliphatic carbocycles. The molecule has 0 radical (unpaired) electrons. The van der Waals surface area contributed by atoms with Crippen molar-refractivity contribution in [3.8, 4) is 0 Å². The van der Waals surface area contributed by atoms with Gasteiger partial charge in [0.1, 0.15) is 0 Å². The zero-order chi connectivity index (χ0) is 14.3. The van der Waals surface area contributed by atoms with Crippen molar-refractivity contribution in [2.24, 2.45) is 5.92 Å². The number of carbonyl (C=O) groups excluding carboxylic acids is 1. The Balaban J connectivity index is 2.15. The third kappa shape index (κ3) is 6.84. The van der Waals surface area contributed by atoms with Crippen LogP contribution in [0.15, 0.2) is 0 Å². The SMILES string of the molecule is Cc1[nH]c(=S)sc1CC(=O)NCCCOCC(C)C. The quantitative estimate of drug-likeness (QED) is 0.573. The van der Waals surface area contributed by atoms with E-state index < -0.39 is 0 Å². The second kappa shape index (κ2) is 8.45. The summed E-state index contributed by atoms with van der Waals surface area (Å²) in [6.07, 6.45) is 1.25. The van der Waals surface area contributed by atoms with E-state index in [1.807, 2.05) is 6.92 Å². The summed E-state index contributed by atoms with van der Waals surface area (Å²) in [5.74, 6) is 0.595. The molecule has 0 bridgehead atoms. The Morgan fingerprint density at radius 2 is 2.26 bits per heavy atom. The molecule has 19 heavy (non-hydrogen) atoms. The van der Waals surface area contributed by atoms with Gasteiger partial charge in [-0.2, -0.15) is 0 Å². The van der Waals surface area contributed by atoms with Crippen LogP contribution in [-0.2, 0) is 16.0 Å². The lowest BCUT2D eigenvalue weighted by Gasteiger charge is -2.07. The Labute approximate surface area is 123 Å². The summed E-state index contributed by atoms with van der Waals surface area (Å²) in [6.45, 7) is 8.31. The molecule has 108 valence electrons. The highest BCUT2D eigenvalue weighted by Gasteiger charge is 2.07. The van der Waals surface area contributed by atoms with Crippen molar-refractivity contribution in [3.63, 3.8) is 0 Å². The van der Waals surface area contributed by atoms with E-state index in [4.69, 9.17) is 17.0 Å². The molecule has 1 amide bonds. The smallest absolute Gasteiger partial charge is 0.225 e. The minimum absolute atomic E-state index is 0.0391. The molecule has 1 aromatic heterocycles. The number of thiazole rings is 1. The average molecular weight is 302 g/mol. The first-order chi connectivity index (χ1) is 8.99. The first kappa shape index (κ1) is 16.3. The Morgan fingerprint density at radius 1 is 1.53 bits per heavy atom. The number of hydrogen-bond acceptors (Lipinski definition) is 4. The minimum atomic E-state index is 0.0391. The third-order valence-corrected chi connectivity index (χ3v) is 3.82. The number of aromatic nitrogens is 1. The van der Waals surface area contributed by atoms with Crippen molar-refractivity contribution in [2.75, 3.05) is 19.8 Å². The van der Waals surface area contributed by atoms with Gasteiger partial charge in [0.15, 0.2) is 3.95 Å². The maximum Gasteiger partial charge on any atom is 0.225 e. The Bertz CT molecular complexity index is 452. The van der Waals surface area contributed by atoms with Crippen LogP contribution in [0.5, 0.6) is 0 Å². The number of aromatic amines is 1. The van der Waals surface area contributed by atoms with E-state index in [2.05, 4.69) is 24.1 Å². The largest absolute Gasteiger partial charge is 0.381 e. The van der Waals surface area contributed by atoms with E-state index in [9.17, 15) is 4.79 Å². The van der Waals surface area contributed by atoms with Gasteiger partial charge in [-0.1, -0.05) is 13.8 Å². The van der Waals surface area contributed by atoms with Crippen LogP contribution in [0.25, 0.3) is 0 Å². The Kier molecular flexibility index (Phi) is 7.27. The molecule has 0 unspecified atom stereocenters. The number of nitrogens with one attached hydrogen (secondary N) is 2. The van der Waals surface area contributed by atoms with Crippen molar-refractivity contribution in [1.82, 2.24) is 10.3 Å². The first-order valence-electron chi connectivity index (χ1n) is 6.52. The van der Waals surface area contributed by atoms with Crippen LogP contribution >= 0.6 is 23.6 Å². The summed E-state index contributed by atoms with van der Waals surface area (Å²) >= 11 is 6.51. The van der Waals surface area contributed by atoms with Gasteiger partial charge in [-0.3, -0.25) is 4.79 Å². The molecule has 0 spiro atoms. The van der Waals surface area contributed by atoms with E-state index in [-0.39, 0.29) is 5.91 Å². The highest BCUT2D eigenvalue weighted by atomic mass is 32.1. The lowest BCUT2D eigenvalue weighted by Crippen LogP contribution is -2.26. The number of H-pyrrole nitrogens is 1. The van der Waals surface area contributed by atoms with Crippen molar-refractivity contribution >= 4 is 29.5 Å². The molecule has 1 rings (SSSR count). The highest BCUT2D eigenvalue weighted by Crippen LogP contribution is 2.14. The van der Waals surface area contributed by atoms with Gasteiger partial charge in [-0.15, -0.1) is 11.3 Å². The van der Waals surface area contributed by atoms with Crippen molar-refractivity contribution in [3.05, 3.63) is 14.5 Å². The number of rotatable bonds is 8. The summed E-state index contributed by atoms with van der Waals surface area (Å²) in [7, 11) is 0. The summed E-state index contributed by atoms with van der Waals surface area (Å²) < 4.78 is 6.17. The third-order valence-electron chi connectivity index (χ3n) is 2.48. The molecular weight excluding hydrogens is 280 g/mol. The second-order valence-corrected chi connectivity index (χ2v) is 6.68. The lowest BCUT2D eigenvalue weighted by molar-refractivity contribution is -0.120. The number of aryl methyl sites for hydroxylation is 1. The number of ether oxygens (including phenoxy) is 1. The number of hydrogen-bond donors (Lipinski definition) is 2. The zero-order valence-electron chi connectivity index (χ0n) is 11.7. The van der Waals surface area contributed by atoms with Gasteiger partial charge in [0, 0.05) is 30.3 Å². The van der Waals surface area contributed by atoms with Crippen molar-refractivity contribution < 1.29 is 9.53 Å². The fourth-order valence-electron chi connectivity index (χ4n) is 1.53. The van der Waals surface area contributed by atoms with Gasteiger partial charge in [0.2, 0.25) is 5.91 Å². The molecule has 2 N–H and O–H groups in total. The van der Waals surface area contributed by atoms with Crippen LogP contribution in [-0.4, -0.2) is 30.6 Å². The van der Waals surface area contributed by atoms with Crippen molar-refractivity contribution in [1.29, 1.82) is 0 Å². The van der Waals surface area contributed by atoms with E-state index in [1.165, 1.54) is 11.3 Å². The van der Waals surface area contributed by atoms with Gasteiger partial charge in [-0.25, -0.2) is 0 Å². The number of carbonyl (C=O) groups is 1. The fraction of sp³-hybridized carbons (Fsp3) is 0.692. The first-order valence-corrected chi connectivity index (χ1v) is 7.74. The second-order valence-electron chi connectivity index (χ2n) is 4.91. The normalized spacial score (nSPS) is 10.9. The average Bonchev–Trinajstić information content (AvgIpc) is 2.62. The van der Waals surface area contributed by atoms with Gasteiger partial charge in [-0.05, 0) is 31.5 Å². The summed E-state index contributed by atoms with van der Waals surface area (Å²) in [5.41, 5.74) is 0.991. The topological polar surface area (TPSA) is 54.1 Å². The molecule has 6 heteroatoms. The summed E-state index contributed by atoms with van der Waals surface area (Å²) in [5, 5.41) is 2.90. The molecule has 0 aromatic carbocycles. The number of amides is 1. The standard InChI is InChI=1S/C13H22N2O2S2/c1-9(2)8-17-6-4-5-14-12(16)7-11-10(3)15-13(18)19-11/h9H,4-8H2,1-3H3,(H,14,16)(H,15,18). The summed E-state index contributed by atoms with van der Waals surface area (Å²) in [6, 6.07) is 0. The molecule has 4 nitrogen and oxygen atoms in total. The zero-order valence-corrected chi connectivity index (χ0v) is 13.4. The van der Waals surface area contributed by atoms with Crippen LogP contribution in [0.3, 0.4) is 0 Å². The van der Waals surface area contributed by atoms with Crippen molar-refractivity contribution in [2.45, 2.75) is 33.6 Å². The Morgan fingerprint density at radius 3 is 2.84 bits per heavy atom. The maximum absolute atomic E-state index is 11.7. The minimum Gasteiger partial charge on any atom is -0.381 e. The van der Waals surface area contributed by atoms with Crippen LogP contribution < -0.4 is 5.32 Å². The molecular formula is C13H22N2O2S2. The monoisotopic (exact) mass is 302 g/mol. The highest BCUT2D eigenvalue weighted by molar-refractivity contribution is 7.73. The molecule has 0 saturated carbocycles. The molecule has 1 aromatic rings. The van der Waals surface area contributed by atoms with Gasteiger partial charge in [0.05, 0.1) is 6.42 Å². The summed E-state index contributed by atoms with van der Waals surface area (Å²) in [4.78, 5) is 15.8. The molecule has 0 fully saturated rings. The van der Waals surface area contributed by atoms with Crippen LogP contribution in [0, 0.1) is 16.8 Å². The fourth-order valence-corrected chi connectivity index (χ4v) is 2.83. The van der Waals surface area contributed by atoms with Crippen LogP contribution in [0.1, 0.15) is 30.8 Å². The van der Waals surface area contributed by atoms with Gasteiger partial charge in [0.25, 0.3) is 0 Å². The predicted octanol–water partition coefficient (Wildman–Crippen LogP) is 2.84. The molecule has 0 saturated heterocycles.